The number of hydrogen-bond acceptors (Lipinski definition) is 4. The second-order valence-electron chi connectivity index (χ2n) is 3.45. The normalized spacial score (nSPS) is 11.8. The molecule has 0 atom stereocenters. The predicted octanol–water partition coefficient (Wildman–Crippen LogP) is 0.820. The maximum absolute atomic E-state index is 11.5. The zero-order valence-electron chi connectivity index (χ0n) is 9.40. The van der Waals surface area contributed by atoms with Gasteiger partial charge in [0.2, 0.25) is 10.0 Å². The lowest BCUT2D eigenvalue weighted by Gasteiger charge is -2.06. The van der Waals surface area contributed by atoms with Gasteiger partial charge in [0, 0.05) is 13.1 Å². The first kappa shape index (κ1) is 13.6. The molecule has 4 nitrogen and oxygen atoms in total. The molecule has 0 unspecified atom stereocenters. The predicted molar refractivity (Wildman–Crippen MR) is 68.4 cm³/mol. The molecule has 1 rings (SSSR count). The van der Waals surface area contributed by atoms with Crippen LogP contribution >= 0.6 is 11.3 Å². The third-order valence-electron chi connectivity index (χ3n) is 2.11. The standard InChI is InChI=1S/C10H18N2O2S2/c1-2-11-6-8-16(13,14)12-5-3-10-4-7-15-9-10/h4,7,9,11-12H,2-3,5-6,8H2,1H3. The van der Waals surface area contributed by atoms with Gasteiger partial charge in [-0.2, -0.15) is 11.3 Å². The van der Waals surface area contributed by atoms with Crippen LogP contribution in [0, 0.1) is 0 Å². The molecule has 1 heterocycles. The fourth-order valence-electron chi connectivity index (χ4n) is 1.24. The largest absolute Gasteiger partial charge is 0.316 e. The molecule has 0 aliphatic carbocycles. The van der Waals surface area contributed by atoms with Crippen molar-refractivity contribution in [2.75, 3.05) is 25.4 Å². The Bertz CT molecular complexity index is 374. The Morgan fingerprint density at radius 1 is 1.38 bits per heavy atom. The van der Waals surface area contributed by atoms with Crippen molar-refractivity contribution in [1.82, 2.24) is 10.0 Å². The zero-order chi connectivity index (χ0) is 11.9. The summed E-state index contributed by atoms with van der Waals surface area (Å²) in [4.78, 5) is 0. The number of sulfonamides is 1. The van der Waals surface area contributed by atoms with E-state index >= 15 is 0 Å². The Labute approximate surface area is 101 Å². The van der Waals surface area contributed by atoms with Crippen molar-refractivity contribution in [3.05, 3.63) is 22.4 Å². The minimum absolute atomic E-state index is 0.143. The Balaban J connectivity index is 2.20. The van der Waals surface area contributed by atoms with Gasteiger partial charge in [-0.1, -0.05) is 6.92 Å². The van der Waals surface area contributed by atoms with Crippen LogP contribution in [0.5, 0.6) is 0 Å². The van der Waals surface area contributed by atoms with Crippen molar-refractivity contribution < 1.29 is 8.42 Å². The van der Waals surface area contributed by atoms with Crippen molar-refractivity contribution in [3.63, 3.8) is 0 Å². The molecule has 0 amide bonds. The van der Waals surface area contributed by atoms with E-state index in [1.54, 1.807) is 11.3 Å². The lowest BCUT2D eigenvalue weighted by molar-refractivity contribution is 0.578. The van der Waals surface area contributed by atoms with E-state index in [0.29, 0.717) is 13.1 Å². The van der Waals surface area contributed by atoms with Gasteiger partial charge in [-0.05, 0) is 35.4 Å². The highest BCUT2D eigenvalue weighted by atomic mass is 32.2. The first-order chi connectivity index (χ1) is 7.64. The SMILES string of the molecule is CCNCCS(=O)(=O)NCCc1ccsc1. The highest BCUT2D eigenvalue weighted by molar-refractivity contribution is 7.89. The third kappa shape index (κ3) is 5.60. The Kier molecular flexibility index (Phi) is 5.97. The van der Waals surface area contributed by atoms with E-state index in [0.717, 1.165) is 13.0 Å². The van der Waals surface area contributed by atoms with Crippen LogP contribution in [0.2, 0.25) is 0 Å². The maximum Gasteiger partial charge on any atom is 0.212 e. The van der Waals surface area contributed by atoms with Crippen LogP contribution < -0.4 is 10.0 Å². The molecule has 1 aromatic heterocycles. The second kappa shape index (κ2) is 7.01. The molecule has 0 saturated heterocycles. The van der Waals surface area contributed by atoms with E-state index in [2.05, 4.69) is 10.0 Å². The first-order valence-corrected chi connectivity index (χ1v) is 7.92. The smallest absolute Gasteiger partial charge is 0.212 e. The molecule has 6 heteroatoms. The van der Waals surface area contributed by atoms with Crippen molar-refractivity contribution in [2.45, 2.75) is 13.3 Å². The monoisotopic (exact) mass is 262 g/mol. The maximum atomic E-state index is 11.5. The molecule has 0 fully saturated rings. The summed E-state index contributed by atoms with van der Waals surface area (Å²) in [7, 11) is -3.12. The first-order valence-electron chi connectivity index (χ1n) is 5.33. The van der Waals surface area contributed by atoms with Crippen LogP contribution in [-0.4, -0.2) is 33.8 Å². The van der Waals surface area contributed by atoms with Crippen LogP contribution in [0.15, 0.2) is 16.8 Å². The molecule has 0 aromatic carbocycles. The van der Waals surface area contributed by atoms with Crippen molar-refractivity contribution in [2.24, 2.45) is 0 Å². The molecule has 16 heavy (non-hydrogen) atoms. The van der Waals surface area contributed by atoms with Gasteiger partial charge in [-0.15, -0.1) is 0 Å². The molecule has 0 spiro atoms. The van der Waals surface area contributed by atoms with E-state index in [4.69, 9.17) is 0 Å². The van der Waals surface area contributed by atoms with Gasteiger partial charge in [0.25, 0.3) is 0 Å². The molecule has 0 bridgehead atoms. The molecule has 0 saturated carbocycles. The molecular weight excluding hydrogens is 244 g/mol. The van der Waals surface area contributed by atoms with Gasteiger partial charge < -0.3 is 5.32 Å². The summed E-state index contributed by atoms with van der Waals surface area (Å²) in [5, 5.41) is 7.02. The summed E-state index contributed by atoms with van der Waals surface area (Å²) in [6.45, 7) is 3.73. The highest BCUT2D eigenvalue weighted by Gasteiger charge is 2.08. The average molecular weight is 262 g/mol. The van der Waals surface area contributed by atoms with Crippen LogP contribution in [0.25, 0.3) is 0 Å². The van der Waals surface area contributed by atoms with Gasteiger partial charge in [-0.3, -0.25) is 0 Å². The van der Waals surface area contributed by atoms with Crippen LogP contribution in [0.1, 0.15) is 12.5 Å². The van der Waals surface area contributed by atoms with Crippen LogP contribution in [-0.2, 0) is 16.4 Å². The van der Waals surface area contributed by atoms with Gasteiger partial charge in [0.05, 0.1) is 5.75 Å². The summed E-state index contributed by atoms with van der Waals surface area (Å²) >= 11 is 1.63. The summed E-state index contributed by atoms with van der Waals surface area (Å²) in [5.74, 6) is 0.143. The molecular formula is C10H18N2O2S2. The fourth-order valence-corrected chi connectivity index (χ4v) is 2.91. The van der Waals surface area contributed by atoms with E-state index in [1.165, 1.54) is 5.56 Å². The van der Waals surface area contributed by atoms with Gasteiger partial charge >= 0.3 is 0 Å². The lowest BCUT2D eigenvalue weighted by atomic mass is 10.2. The summed E-state index contributed by atoms with van der Waals surface area (Å²) in [6.07, 6.45) is 0.754. The van der Waals surface area contributed by atoms with Gasteiger partial charge in [0.1, 0.15) is 0 Å². The fraction of sp³-hybridized carbons (Fsp3) is 0.600. The van der Waals surface area contributed by atoms with Gasteiger partial charge in [-0.25, -0.2) is 13.1 Å². The molecule has 1 aromatic rings. The highest BCUT2D eigenvalue weighted by Crippen LogP contribution is 2.05. The molecule has 0 aliphatic rings. The topological polar surface area (TPSA) is 58.2 Å². The Morgan fingerprint density at radius 3 is 2.81 bits per heavy atom. The van der Waals surface area contributed by atoms with E-state index in [1.807, 2.05) is 23.8 Å². The molecule has 2 N–H and O–H groups in total. The summed E-state index contributed by atoms with van der Waals surface area (Å²) in [6, 6.07) is 2.01. The number of nitrogens with one attached hydrogen (secondary N) is 2. The Hall–Kier alpha value is -0.430. The molecule has 0 aliphatic heterocycles. The van der Waals surface area contributed by atoms with E-state index in [-0.39, 0.29) is 5.75 Å². The van der Waals surface area contributed by atoms with Crippen molar-refractivity contribution in [3.8, 4) is 0 Å². The lowest BCUT2D eigenvalue weighted by Crippen LogP contribution is -2.33. The third-order valence-corrected chi connectivity index (χ3v) is 4.23. The van der Waals surface area contributed by atoms with Crippen LogP contribution in [0.4, 0.5) is 0 Å². The molecule has 0 radical (unpaired) electrons. The quantitative estimate of drug-likeness (QED) is 0.682. The summed E-state index contributed by atoms with van der Waals surface area (Å²) in [5.41, 5.74) is 1.18. The van der Waals surface area contributed by atoms with E-state index < -0.39 is 10.0 Å². The number of rotatable bonds is 8. The van der Waals surface area contributed by atoms with Crippen molar-refractivity contribution >= 4 is 21.4 Å². The minimum Gasteiger partial charge on any atom is -0.316 e. The average Bonchev–Trinajstić information content (AvgIpc) is 2.70. The van der Waals surface area contributed by atoms with E-state index in [9.17, 15) is 8.42 Å². The summed E-state index contributed by atoms with van der Waals surface area (Å²) < 4.78 is 25.6. The number of hydrogen-bond donors (Lipinski definition) is 2. The van der Waals surface area contributed by atoms with Crippen molar-refractivity contribution in [1.29, 1.82) is 0 Å². The Morgan fingerprint density at radius 2 is 2.19 bits per heavy atom. The second-order valence-corrected chi connectivity index (χ2v) is 6.15. The minimum atomic E-state index is -3.12. The zero-order valence-corrected chi connectivity index (χ0v) is 11.0. The van der Waals surface area contributed by atoms with Gasteiger partial charge in [0.15, 0.2) is 0 Å². The number of thiophene rings is 1. The van der Waals surface area contributed by atoms with Crippen LogP contribution in [0.3, 0.4) is 0 Å². The molecule has 92 valence electrons.